The molecule has 70 valence electrons. The van der Waals surface area contributed by atoms with Crippen LogP contribution in [-0.4, -0.2) is 44.3 Å². The molecule has 12 heavy (non-hydrogen) atoms. The second-order valence-corrected chi connectivity index (χ2v) is 5.46. The van der Waals surface area contributed by atoms with E-state index in [0.717, 1.165) is 12.8 Å². The minimum Gasteiger partial charge on any atom is -0.368 e. The summed E-state index contributed by atoms with van der Waals surface area (Å²) in [5.74, 6) is 0. The van der Waals surface area contributed by atoms with Gasteiger partial charge in [-0.15, -0.1) is 0 Å². The van der Waals surface area contributed by atoms with Gasteiger partial charge in [0.05, 0.1) is 18.5 Å². The first-order chi connectivity index (χ1) is 5.57. The van der Waals surface area contributed by atoms with Gasteiger partial charge in [-0.3, -0.25) is 0 Å². The fraction of sp³-hybridized carbons (Fsp3) is 1.00. The van der Waals surface area contributed by atoms with Gasteiger partial charge in [-0.1, -0.05) is 0 Å². The second-order valence-electron chi connectivity index (χ2n) is 3.48. The van der Waals surface area contributed by atoms with Crippen molar-refractivity contribution in [2.24, 2.45) is 0 Å². The number of nitrogens with zero attached hydrogens (tertiary/aromatic N) is 1. The fourth-order valence-corrected chi connectivity index (χ4v) is 2.53. The van der Waals surface area contributed by atoms with E-state index in [9.17, 15) is 8.42 Å². The van der Waals surface area contributed by atoms with Crippen molar-refractivity contribution >= 4 is 10.0 Å². The Kier molecular flexibility index (Phi) is 1.89. The highest BCUT2D eigenvalue weighted by molar-refractivity contribution is 7.88. The van der Waals surface area contributed by atoms with Crippen LogP contribution in [0.1, 0.15) is 12.8 Å². The van der Waals surface area contributed by atoms with E-state index in [2.05, 4.69) is 0 Å². The van der Waals surface area contributed by atoms with Crippen LogP contribution in [-0.2, 0) is 14.8 Å². The molecule has 0 spiro atoms. The first kappa shape index (κ1) is 8.47. The van der Waals surface area contributed by atoms with Crippen LogP contribution in [0.25, 0.3) is 0 Å². The van der Waals surface area contributed by atoms with E-state index >= 15 is 0 Å². The van der Waals surface area contributed by atoms with Gasteiger partial charge in [0.15, 0.2) is 0 Å². The molecule has 0 amide bonds. The molecule has 0 N–H and O–H groups in total. The lowest BCUT2D eigenvalue weighted by Gasteiger charge is -2.16. The van der Waals surface area contributed by atoms with Gasteiger partial charge >= 0.3 is 0 Å². The first-order valence-corrected chi connectivity index (χ1v) is 6.03. The highest BCUT2D eigenvalue weighted by atomic mass is 32.2. The summed E-state index contributed by atoms with van der Waals surface area (Å²) in [6.07, 6.45) is 3.72. The summed E-state index contributed by atoms with van der Waals surface area (Å²) in [6.45, 7) is 1.22. The molecule has 0 aromatic heterocycles. The van der Waals surface area contributed by atoms with Crippen molar-refractivity contribution in [1.82, 2.24) is 4.31 Å². The minimum absolute atomic E-state index is 0.183. The Balaban J connectivity index is 2.06. The van der Waals surface area contributed by atoms with Gasteiger partial charge in [0.1, 0.15) is 0 Å². The van der Waals surface area contributed by atoms with Gasteiger partial charge in [0.25, 0.3) is 0 Å². The van der Waals surface area contributed by atoms with Gasteiger partial charge in [0.2, 0.25) is 10.0 Å². The topological polar surface area (TPSA) is 49.9 Å². The lowest BCUT2D eigenvalue weighted by Crippen LogP contribution is -2.33. The smallest absolute Gasteiger partial charge is 0.211 e. The summed E-state index contributed by atoms with van der Waals surface area (Å²) in [5.41, 5.74) is 0. The SMILES string of the molecule is CS(=O)(=O)N1CCC[C@H]2O[C@@H]2C1. The lowest BCUT2D eigenvalue weighted by molar-refractivity contribution is 0.297. The number of hydrogen-bond acceptors (Lipinski definition) is 3. The Hall–Kier alpha value is -0.130. The Morgan fingerprint density at radius 1 is 1.42 bits per heavy atom. The summed E-state index contributed by atoms with van der Waals surface area (Å²) in [6, 6.07) is 0. The molecule has 5 heteroatoms. The van der Waals surface area contributed by atoms with E-state index in [1.807, 2.05) is 0 Å². The van der Waals surface area contributed by atoms with Crippen LogP contribution < -0.4 is 0 Å². The summed E-state index contributed by atoms with van der Waals surface area (Å²) in [5, 5.41) is 0. The number of hydrogen-bond donors (Lipinski definition) is 0. The van der Waals surface area contributed by atoms with E-state index in [4.69, 9.17) is 4.74 Å². The highest BCUT2D eigenvalue weighted by Gasteiger charge is 2.42. The van der Waals surface area contributed by atoms with E-state index in [-0.39, 0.29) is 6.10 Å². The highest BCUT2D eigenvalue weighted by Crippen LogP contribution is 2.30. The van der Waals surface area contributed by atoms with Crippen LogP contribution in [0.2, 0.25) is 0 Å². The molecule has 2 saturated heterocycles. The van der Waals surface area contributed by atoms with Crippen molar-refractivity contribution < 1.29 is 13.2 Å². The molecule has 0 aromatic carbocycles. The predicted molar refractivity (Wildman–Crippen MR) is 44.3 cm³/mol. The molecule has 2 rings (SSSR count). The van der Waals surface area contributed by atoms with Gasteiger partial charge < -0.3 is 4.74 Å². The van der Waals surface area contributed by atoms with Gasteiger partial charge in [-0.25, -0.2) is 8.42 Å². The zero-order valence-corrected chi connectivity index (χ0v) is 7.88. The van der Waals surface area contributed by atoms with Crippen LogP contribution in [0.3, 0.4) is 0 Å². The maximum atomic E-state index is 11.2. The van der Waals surface area contributed by atoms with Crippen molar-refractivity contribution in [3.63, 3.8) is 0 Å². The minimum atomic E-state index is -3.00. The summed E-state index contributed by atoms with van der Waals surface area (Å²) in [7, 11) is -3.00. The molecule has 4 nitrogen and oxygen atoms in total. The molecule has 2 aliphatic rings. The zero-order chi connectivity index (χ0) is 8.77. The fourth-order valence-electron chi connectivity index (χ4n) is 1.66. The number of rotatable bonds is 1. The summed E-state index contributed by atoms with van der Waals surface area (Å²) in [4.78, 5) is 0. The molecule has 0 aromatic rings. The quantitative estimate of drug-likeness (QED) is 0.540. The number of fused-ring (bicyclic) bond motifs is 1. The maximum absolute atomic E-state index is 11.2. The van der Waals surface area contributed by atoms with Crippen molar-refractivity contribution in [2.45, 2.75) is 25.0 Å². The summed E-state index contributed by atoms with van der Waals surface area (Å²) >= 11 is 0. The van der Waals surface area contributed by atoms with Crippen molar-refractivity contribution in [3.05, 3.63) is 0 Å². The van der Waals surface area contributed by atoms with E-state index in [1.165, 1.54) is 10.6 Å². The average molecular weight is 191 g/mol. The Morgan fingerprint density at radius 2 is 2.17 bits per heavy atom. The summed E-state index contributed by atoms with van der Waals surface area (Å²) < 4.78 is 29.1. The molecule has 2 fully saturated rings. The monoisotopic (exact) mass is 191 g/mol. The third-order valence-corrected chi connectivity index (χ3v) is 3.71. The number of ether oxygens (including phenoxy) is 1. The van der Waals surface area contributed by atoms with Gasteiger partial charge in [-0.2, -0.15) is 4.31 Å². The van der Waals surface area contributed by atoms with E-state index < -0.39 is 10.0 Å². The van der Waals surface area contributed by atoms with E-state index in [0.29, 0.717) is 19.2 Å². The molecule has 2 aliphatic heterocycles. The van der Waals surface area contributed by atoms with Crippen LogP contribution in [0.15, 0.2) is 0 Å². The van der Waals surface area contributed by atoms with Gasteiger partial charge in [0, 0.05) is 13.1 Å². The third kappa shape index (κ3) is 1.62. The van der Waals surface area contributed by atoms with E-state index in [1.54, 1.807) is 0 Å². The van der Waals surface area contributed by atoms with Crippen molar-refractivity contribution in [3.8, 4) is 0 Å². The largest absolute Gasteiger partial charge is 0.368 e. The average Bonchev–Trinajstić information content (AvgIpc) is 2.56. The third-order valence-electron chi connectivity index (χ3n) is 2.44. The van der Waals surface area contributed by atoms with Crippen LogP contribution >= 0.6 is 0 Å². The Labute approximate surface area is 72.6 Å². The number of epoxide rings is 1. The predicted octanol–water partition coefficient (Wildman–Crippen LogP) is -0.191. The van der Waals surface area contributed by atoms with Crippen molar-refractivity contribution in [2.75, 3.05) is 19.3 Å². The second kappa shape index (κ2) is 2.68. The maximum Gasteiger partial charge on any atom is 0.211 e. The lowest BCUT2D eigenvalue weighted by atomic mass is 10.2. The van der Waals surface area contributed by atoms with Crippen molar-refractivity contribution in [1.29, 1.82) is 0 Å². The molecular weight excluding hydrogens is 178 g/mol. The normalized spacial score (nSPS) is 37.1. The molecule has 0 bridgehead atoms. The van der Waals surface area contributed by atoms with Crippen LogP contribution in [0.5, 0.6) is 0 Å². The van der Waals surface area contributed by atoms with Gasteiger partial charge in [-0.05, 0) is 12.8 Å². The Morgan fingerprint density at radius 3 is 2.83 bits per heavy atom. The molecule has 0 unspecified atom stereocenters. The molecule has 0 aliphatic carbocycles. The number of sulfonamides is 1. The Bertz CT molecular complexity index is 274. The molecule has 2 atom stereocenters. The van der Waals surface area contributed by atoms with Crippen LogP contribution in [0.4, 0.5) is 0 Å². The molecular formula is C7H13NO3S. The van der Waals surface area contributed by atoms with Crippen LogP contribution in [0, 0.1) is 0 Å². The standard InChI is InChI=1S/C7H13NO3S/c1-12(9,10)8-4-2-3-6-7(5-8)11-6/h6-7H,2-5H2,1H3/t6-,7-/m1/s1. The molecule has 0 radical (unpaired) electrons. The first-order valence-electron chi connectivity index (χ1n) is 4.18. The molecule has 0 saturated carbocycles. The zero-order valence-electron chi connectivity index (χ0n) is 7.06. The molecule has 2 heterocycles.